The van der Waals surface area contributed by atoms with E-state index in [0.717, 1.165) is 9.26 Å². The Morgan fingerprint density at radius 3 is 2.60 bits per heavy atom. The van der Waals surface area contributed by atoms with E-state index in [-0.39, 0.29) is 5.91 Å². The molecule has 2 rings (SSSR count). The van der Waals surface area contributed by atoms with Gasteiger partial charge in [-0.3, -0.25) is 4.79 Å². The smallest absolute Gasteiger partial charge is 0.259 e. The molecule has 1 N–H and O–H groups in total. The topological polar surface area (TPSA) is 38.3 Å². The third-order valence-corrected chi connectivity index (χ3v) is 4.02. The minimum Gasteiger partial charge on any atom is -0.494 e. The summed E-state index contributed by atoms with van der Waals surface area (Å²) >= 11 is 14.1. The minimum atomic E-state index is -0.324. The number of para-hydroxylation sites is 1. The van der Waals surface area contributed by atoms with Gasteiger partial charge in [0.1, 0.15) is 5.75 Å². The summed E-state index contributed by atoms with van der Waals surface area (Å²) in [7, 11) is 1.46. The average Bonchev–Trinajstić information content (AvgIpc) is 2.40. The quantitative estimate of drug-likeness (QED) is 0.718. The number of methoxy groups -OCH3 is 1. The summed E-state index contributed by atoms with van der Waals surface area (Å²) in [5.41, 5.74) is 1.01. The summed E-state index contributed by atoms with van der Waals surface area (Å²) in [5.74, 6) is -0.0186. The van der Waals surface area contributed by atoms with E-state index in [1.54, 1.807) is 0 Å². The lowest BCUT2D eigenvalue weighted by molar-refractivity contribution is 0.102. The Kier molecular flexibility index (Phi) is 5.12. The minimum absolute atomic E-state index is 0.296. The second-order valence-electron chi connectivity index (χ2n) is 3.90. The Balaban J connectivity index is 2.37. The zero-order valence-electron chi connectivity index (χ0n) is 10.4. The number of hydrogen-bond donors (Lipinski definition) is 1. The van der Waals surface area contributed by atoms with Crippen LogP contribution in [0.25, 0.3) is 0 Å². The lowest BCUT2D eigenvalue weighted by Crippen LogP contribution is -2.14. The first-order valence-corrected chi connectivity index (χ1v) is 7.45. The van der Waals surface area contributed by atoms with E-state index in [4.69, 9.17) is 27.9 Å². The first-order chi connectivity index (χ1) is 9.52. The van der Waals surface area contributed by atoms with Crippen LogP contribution < -0.4 is 10.1 Å². The summed E-state index contributed by atoms with van der Waals surface area (Å²) in [6.45, 7) is 0. The van der Waals surface area contributed by atoms with E-state index >= 15 is 0 Å². The van der Waals surface area contributed by atoms with E-state index in [1.165, 1.54) is 19.2 Å². The molecule has 2 aromatic carbocycles. The first-order valence-electron chi connectivity index (χ1n) is 5.62. The lowest BCUT2D eigenvalue weighted by Gasteiger charge is -2.12. The molecule has 1 amide bonds. The van der Waals surface area contributed by atoms with Gasteiger partial charge >= 0.3 is 0 Å². The molecule has 0 atom stereocenters. The number of rotatable bonds is 3. The number of amides is 1. The van der Waals surface area contributed by atoms with Crippen LogP contribution in [0.15, 0.2) is 36.4 Å². The predicted molar refractivity (Wildman–Crippen MR) is 90.1 cm³/mol. The molecule has 0 aromatic heterocycles. The Hall–Kier alpha value is -0.980. The van der Waals surface area contributed by atoms with Crippen molar-refractivity contribution in [3.8, 4) is 5.75 Å². The number of nitrogens with one attached hydrogen (secondary N) is 1. The summed E-state index contributed by atoms with van der Waals surface area (Å²) in [5, 5.41) is 3.49. The van der Waals surface area contributed by atoms with E-state index in [2.05, 4.69) is 27.9 Å². The summed E-state index contributed by atoms with van der Waals surface area (Å²) in [4.78, 5) is 12.3. The van der Waals surface area contributed by atoms with Crippen LogP contribution in [0.3, 0.4) is 0 Å². The number of hydrogen-bond acceptors (Lipinski definition) is 2. The van der Waals surface area contributed by atoms with Crippen molar-refractivity contribution in [1.82, 2.24) is 0 Å². The molecule has 104 valence electrons. The number of benzene rings is 2. The molecule has 3 nitrogen and oxygen atoms in total. The fraction of sp³-hybridized carbons (Fsp3) is 0.0714. The van der Waals surface area contributed by atoms with Gasteiger partial charge in [0, 0.05) is 8.59 Å². The zero-order chi connectivity index (χ0) is 14.7. The van der Waals surface area contributed by atoms with Crippen LogP contribution in [0.4, 0.5) is 5.69 Å². The Bertz CT molecular complexity index is 662. The SMILES string of the molecule is COc1c(Cl)cc(Cl)cc1C(=O)Nc1ccccc1I. The fourth-order valence-corrected chi connectivity index (χ4v) is 2.78. The van der Waals surface area contributed by atoms with Crippen LogP contribution in [-0.2, 0) is 0 Å². The molecule has 2 aromatic rings. The van der Waals surface area contributed by atoms with Crippen molar-refractivity contribution in [3.05, 3.63) is 55.6 Å². The monoisotopic (exact) mass is 421 g/mol. The van der Waals surface area contributed by atoms with Crippen molar-refractivity contribution >= 4 is 57.4 Å². The van der Waals surface area contributed by atoms with Crippen LogP contribution in [0.2, 0.25) is 10.0 Å². The molecule has 0 aliphatic carbocycles. The van der Waals surface area contributed by atoms with Crippen molar-refractivity contribution in [3.63, 3.8) is 0 Å². The zero-order valence-corrected chi connectivity index (χ0v) is 14.1. The maximum absolute atomic E-state index is 12.3. The molecule has 0 spiro atoms. The molecule has 0 unspecified atom stereocenters. The van der Waals surface area contributed by atoms with E-state index in [9.17, 15) is 4.79 Å². The van der Waals surface area contributed by atoms with Crippen LogP contribution in [-0.4, -0.2) is 13.0 Å². The molecular formula is C14H10Cl2INO2. The number of carbonyl (C=O) groups excluding carboxylic acids is 1. The third-order valence-electron chi connectivity index (χ3n) is 2.58. The van der Waals surface area contributed by atoms with Crippen LogP contribution >= 0.6 is 45.8 Å². The number of ether oxygens (including phenoxy) is 1. The van der Waals surface area contributed by atoms with Crippen LogP contribution in [0.1, 0.15) is 10.4 Å². The molecule has 0 fully saturated rings. The summed E-state index contributed by atoms with van der Waals surface area (Å²) < 4.78 is 6.10. The highest BCUT2D eigenvalue weighted by Crippen LogP contribution is 2.32. The lowest BCUT2D eigenvalue weighted by atomic mass is 10.1. The molecule has 20 heavy (non-hydrogen) atoms. The predicted octanol–water partition coefficient (Wildman–Crippen LogP) is 4.86. The van der Waals surface area contributed by atoms with E-state index in [1.807, 2.05) is 24.3 Å². The van der Waals surface area contributed by atoms with Crippen molar-refractivity contribution in [2.24, 2.45) is 0 Å². The van der Waals surface area contributed by atoms with Gasteiger partial charge in [0.05, 0.1) is 23.4 Å². The molecule has 0 radical (unpaired) electrons. The molecule has 0 bridgehead atoms. The van der Waals surface area contributed by atoms with E-state index < -0.39 is 0 Å². The molecule has 0 aliphatic heterocycles. The Labute approximate surface area is 140 Å². The molecular weight excluding hydrogens is 412 g/mol. The van der Waals surface area contributed by atoms with Crippen molar-refractivity contribution < 1.29 is 9.53 Å². The molecule has 0 aliphatic rings. The van der Waals surface area contributed by atoms with Crippen molar-refractivity contribution in [2.45, 2.75) is 0 Å². The summed E-state index contributed by atoms with van der Waals surface area (Å²) in [6, 6.07) is 10.5. The largest absolute Gasteiger partial charge is 0.494 e. The van der Waals surface area contributed by atoms with Gasteiger partial charge in [0.25, 0.3) is 5.91 Å². The second kappa shape index (κ2) is 6.65. The number of halogens is 3. The molecule has 0 saturated heterocycles. The Morgan fingerprint density at radius 2 is 1.95 bits per heavy atom. The fourth-order valence-electron chi connectivity index (χ4n) is 1.69. The molecule has 0 heterocycles. The highest BCUT2D eigenvalue weighted by atomic mass is 127. The van der Waals surface area contributed by atoms with Crippen molar-refractivity contribution in [1.29, 1.82) is 0 Å². The normalized spacial score (nSPS) is 10.2. The average molecular weight is 422 g/mol. The Morgan fingerprint density at radius 1 is 1.25 bits per heavy atom. The summed E-state index contributed by atoms with van der Waals surface area (Å²) in [6.07, 6.45) is 0. The molecule has 6 heteroatoms. The highest BCUT2D eigenvalue weighted by molar-refractivity contribution is 14.1. The van der Waals surface area contributed by atoms with Crippen molar-refractivity contribution in [2.75, 3.05) is 12.4 Å². The molecule has 0 saturated carbocycles. The highest BCUT2D eigenvalue weighted by Gasteiger charge is 2.17. The first kappa shape index (κ1) is 15.4. The van der Waals surface area contributed by atoms with Gasteiger partial charge in [0.15, 0.2) is 0 Å². The van der Waals surface area contributed by atoms with Gasteiger partial charge in [-0.1, -0.05) is 35.3 Å². The van der Waals surface area contributed by atoms with Gasteiger partial charge in [-0.25, -0.2) is 0 Å². The second-order valence-corrected chi connectivity index (χ2v) is 5.91. The number of anilines is 1. The maximum atomic E-state index is 12.3. The van der Waals surface area contributed by atoms with Gasteiger partial charge in [-0.2, -0.15) is 0 Å². The third kappa shape index (κ3) is 3.37. The van der Waals surface area contributed by atoms with Crippen LogP contribution in [0.5, 0.6) is 5.75 Å². The van der Waals surface area contributed by atoms with E-state index in [0.29, 0.717) is 21.4 Å². The van der Waals surface area contributed by atoms with Gasteiger partial charge in [-0.15, -0.1) is 0 Å². The number of carbonyl (C=O) groups is 1. The standard InChI is InChI=1S/C14H10Cl2INO2/c1-20-13-9(6-8(15)7-10(13)16)14(19)18-12-5-3-2-4-11(12)17/h2-7H,1H3,(H,18,19). The van der Waals surface area contributed by atoms with Gasteiger partial charge in [0.2, 0.25) is 0 Å². The van der Waals surface area contributed by atoms with Crippen LogP contribution in [0, 0.1) is 3.57 Å². The van der Waals surface area contributed by atoms with Gasteiger partial charge < -0.3 is 10.1 Å². The maximum Gasteiger partial charge on any atom is 0.259 e. The van der Waals surface area contributed by atoms with Gasteiger partial charge in [-0.05, 0) is 46.9 Å².